The molecule has 238 valence electrons. The maximum Gasteiger partial charge on any atom is 0.416 e. The molecular weight excluding hydrogens is 556 g/mol. The van der Waals surface area contributed by atoms with Crippen LogP contribution < -0.4 is 10.2 Å². The van der Waals surface area contributed by atoms with Crippen molar-refractivity contribution in [2.24, 2.45) is 5.92 Å². The van der Waals surface area contributed by atoms with E-state index in [9.17, 15) is 14.4 Å². The van der Waals surface area contributed by atoms with Crippen LogP contribution in [0.5, 0.6) is 0 Å². The lowest BCUT2D eigenvalue weighted by Crippen LogP contribution is -2.44. The number of nitrogens with zero attached hydrogens (tertiary/aromatic N) is 3. The normalized spacial score (nSPS) is 19.5. The second kappa shape index (κ2) is 14.1. The minimum Gasteiger partial charge on any atom is -0.469 e. The van der Waals surface area contributed by atoms with Crippen molar-refractivity contribution in [3.63, 3.8) is 0 Å². The number of likely N-dealkylation sites (tertiary alicyclic amines) is 1. The van der Waals surface area contributed by atoms with Crippen LogP contribution in [0, 0.1) is 5.92 Å². The molecule has 1 aliphatic carbocycles. The van der Waals surface area contributed by atoms with Crippen molar-refractivity contribution in [2.45, 2.75) is 96.1 Å². The number of hydrogen-bond donors (Lipinski definition) is 1. The highest BCUT2D eigenvalue weighted by molar-refractivity contribution is 5.88. The zero-order valence-corrected chi connectivity index (χ0v) is 26.8. The molecule has 9 nitrogen and oxygen atoms in total. The number of pyridine rings is 1. The second-order valence-corrected chi connectivity index (χ2v) is 13.5. The van der Waals surface area contributed by atoms with Crippen LogP contribution >= 0.6 is 0 Å². The van der Waals surface area contributed by atoms with Gasteiger partial charge < -0.3 is 19.7 Å². The van der Waals surface area contributed by atoms with Crippen LogP contribution in [0.4, 0.5) is 10.6 Å². The first-order chi connectivity index (χ1) is 21.1. The Morgan fingerprint density at radius 1 is 1.07 bits per heavy atom. The Morgan fingerprint density at radius 2 is 1.89 bits per heavy atom. The van der Waals surface area contributed by atoms with Gasteiger partial charge in [0, 0.05) is 18.8 Å². The number of fused-ring (bicyclic) bond motifs is 1. The topological polar surface area (TPSA) is 101 Å². The minimum atomic E-state index is -0.557. The Bertz CT molecular complexity index is 1330. The summed E-state index contributed by atoms with van der Waals surface area (Å²) in [5, 5.41) is 3.19. The number of benzene rings is 1. The van der Waals surface area contributed by atoms with Gasteiger partial charge >= 0.3 is 12.1 Å². The number of piperidine rings is 1. The Kier molecular flexibility index (Phi) is 10.2. The molecule has 3 heterocycles. The molecule has 0 spiro atoms. The Hall–Kier alpha value is -3.46. The van der Waals surface area contributed by atoms with Crippen molar-refractivity contribution in [1.29, 1.82) is 0 Å². The molecule has 2 fully saturated rings. The third-order valence-corrected chi connectivity index (χ3v) is 8.77. The summed E-state index contributed by atoms with van der Waals surface area (Å²) in [7, 11) is 1.39. The SMILES string of the molecule is COC(=O)C[C@H](NC(=O)[C@@H]1CCCN(CCCc2ccc3c(n2)N(C(=O)OC(C)(C)C)CCC3)C1)c1cccc(C2CC2)c1. The quantitative estimate of drug-likeness (QED) is 0.347. The van der Waals surface area contributed by atoms with Crippen LogP contribution in [0.15, 0.2) is 36.4 Å². The summed E-state index contributed by atoms with van der Waals surface area (Å²) in [4.78, 5) is 47.5. The van der Waals surface area contributed by atoms with Gasteiger partial charge in [0.05, 0.1) is 25.5 Å². The molecular formula is C35H48N4O5. The second-order valence-electron chi connectivity index (χ2n) is 13.5. The van der Waals surface area contributed by atoms with Gasteiger partial charge in [0.2, 0.25) is 5.91 Å². The van der Waals surface area contributed by atoms with E-state index >= 15 is 0 Å². The smallest absolute Gasteiger partial charge is 0.416 e. The lowest BCUT2D eigenvalue weighted by atomic mass is 9.94. The lowest BCUT2D eigenvalue weighted by molar-refractivity contribution is -0.141. The molecule has 5 rings (SSSR count). The summed E-state index contributed by atoms with van der Waals surface area (Å²) in [5.74, 6) is 0.861. The predicted octanol–water partition coefficient (Wildman–Crippen LogP) is 5.71. The van der Waals surface area contributed by atoms with E-state index in [1.54, 1.807) is 4.90 Å². The molecule has 1 saturated carbocycles. The van der Waals surface area contributed by atoms with Gasteiger partial charge in [0.1, 0.15) is 11.4 Å². The maximum absolute atomic E-state index is 13.5. The summed E-state index contributed by atoms with van der Waals surface area (Å²) in [6.07, 6.45) is 7.47. The summed E-state index contributed by atoms with van der Waals surface area (Å²) in [6, 6.07) is 12.1. The van der Waals surface area contributed by atoms with Gasteiger partial charge in [-0.2, -0.15) is 0 Å². The first-order valence-electron chi connectivity index (χ1n) is 16.3. The average molecular weight is 605 g/mol. The van der Waals surface area contributed by atoms with Crippen molar-refractivity contribution in [2.75, 3.05) is 38.2 Å². The Balaban J connectivity index is 1.16. The van der Waals surface area contributed by atoms with E-state index in [4.69, 9.17) is 14.5 Å². The summed E-state index contributed by atoms with van der Waals surface area (Å²) < 4.78 is 10.6. The monoisotopic (exact) mass is 604 g/mol. The van der Waals surface area contributed by atoms with Crippen LogP contribution in [-0.4, -0.2) is 66.7 Å². The van der Waals surface area contributed by atoms with Gasteiger partial charge in [-0.1, -0.05) is 30.3 Å². The molecule has 0 radical (unpaired) electrons. The van der Waals surface area contributed by atoms with E-state index in [1.165, 1.54) is 25.5 Å². The highest BCUT2D eigenvalue weighted by Crippen LogP contribution is 2.40. The predicted molar refractivity (Wildman–Crippen MR) is 170 cm³/mol. The van der Waals surface area contributed by atoms with E-state index < -0.39 is 11.6 Å². The van der Waals surface area contributed by atoms with E-state index in [-0.39, 0.29) is 30.3 Å². The number of carbonyl (C=O) groups excluding carboxylic acids is 3. The zero-order valence-electron chi connectivity index (χ0n) is 26.8. The largest absolute Gasteiger partial charge is 0.469 e. The van der Waals surface area contributed by atoms with Gasteiger partial charge in [-0.15, -0.1) is 0 Å². The number of aromatic nitrogens is 1. The first kappa shape index (κ1) is 31.9. The van der Waals surface area contributed by atoms with E-state index in [1.807, 2.05) is 32.9 Å². The van der Waals surface area contributed by atoms with Gasteiger partial charge in [-0.3, -0.25) is 14.5 Å². The van der Waals surface area contributed by atoms with Crippen LogP contribution in [0.3, 0.4) is 0 Å². The van der Waals surface area contributed by atoms with Crippen molar-refractivity contribution in [3.8, 4) is 0 Å². The van der Waals surface area contributed by atoms with E-state index in [2.05, 4.69) is 34.5 Å². The van der Waals surface area contributed by atoms with Crippen LogP contribution in [0.1, 0.15) is 100 Å². The number of nitrogens with one attached hydrogen (secondary N) is 1. The molecule has 44 heavy (non-hydrogen) atoms. The van der Waals surface area contributed by atoms with Crippen molar-refractivity contribution < 1.29 is 23.9 Å². The van der Waals surface area contributed by atoms with E-state index in [0.29, 0.717) is 19.0 Å². The van der Waals surface area contributed by atoms with Crippen LogP contribution in [0.25, 0.3) is 0 Å². The summed E-state index contributed by atoms with van der Waals surface area (Å²) in [6.45, 7) is 8.77. The molecule has 1 saturated heterocycles. The van der Waals surface area contributed by atoms with Crippen LogP contribution in [0.2, 0.25) is 0 Å². The molecule has 3 aliphatic rings. The highest BCUT2D eigenvalue weighted by atomic mass is 16.6. The molecule has 1 aromatic carbocycles. The molecule has 0 unspecified atom stereocenters. The lowest BCUT2D eigenvalue weighted by Gasteiger charge is -2.33. The van der Waals surface area contributed by atoms with Crippen molar-refractivity contribution in [3.05, 3.63) is 58.8 Å². The zero-order chi connectivity index (χ0) is 31.3. The van der Waals surface area contributed by atoms with Crippen molar-refractivity contribution in [1.82, 2.24) is 15.2 Å². The molecule has 2 amide bonds. The standard InChI is InChI=1S/C35H48N4O5/c1-35(2,3)44-34(42)39-20-7-11-25-16-17-29(36-32(25)39)13-8-19-38-18-6-12-28(23-38)33(41)37-30(22-31(40)43-4)27-10-5-9-26(21-27)24-14-15-24/h5,9-10,16-17,21,24,28,30H,6-8,11-15,18-20,22-23H2,1-4H3,(H,37,41)/t28-,30+/m1/s1. The number of ether oxygens (including phenoxy) is 2. The molecule has 2 atom stereocenters. The summed E-state index contributed by atoms with van der Waals surface area (Å²) >= 11 is 0. The number of amides is 2. The number of aryl methyl sites for hydroxylation is 2. The Labute approximate surface area is 261 Å². The molecule has 9 heteroatoms. The molecule has 2 aliphatic heterocycles. The number of methoxy groups -OCH3 is 1. The number of hydrogen-bond acceptors (Lipinski definition) is 7. The third-order valence-electron chi connectivity index (χ3n) is 8.77. The molecule has 1 aromatic heterocycles. The van der Waals surface area contributed by atoms with Gasteiger partial charge in [-0.05, 0) is 114 Å². The summed E-state index contributed by atoms with van der Waals surface area (Å²) in [5.41, 5.74) is 3.73. The van der Waals surface area contributed by atoms with E-state index in [0.717, 1.165) is 74.3 Å². The Morgan fingerprint density at radius 3 is 2.64 bits per heavy atom. The fourth-order valence-corrected chi connectivity index (χ4v) is 6.31. The number of carbonyl (C=O) groups is 3. The van der Waals surface area contributed by atoms with Crippen molar-refractivity contribution >= 4 is 23.8 Å². The first-order valence-corrected chi connectivity index (χ1v) is 16.3. The molecule has 0 bridgehead atoms. The van der Waals surface area contributed by atoms with Gasteiger partial charge in [-0.25, -0.2) is 9.78 Å². The fourth-order valence-electron chi connectivity index (χ4n) is 6.31. The van der Waals surface area contributed by atoms with Gasteiger partial charge in [0.15, 0.2) is 0 Å². The maximum atomic E-state index is 13.5. The molecule has 1 N–H and O–H groups in total. The third kappa shape index (κ3) is 8.58. The number of rotatable bonds is 10. The molecule has 2 aromatic rings. The van der Waals surface area contributed by atoms with Crippen LogP contribution in [-0.2, 0) is 31.9 Å². The van der Waals surface area contributed by atoms with Gasteiger partial charge in [0.25, 0.3) is 0 Å². The minimum absolute atomic E-state index is 0.000911. The number of esters is 1. The fraction of sp³-hybridized carbons (Fsp3) is 0.600. The highest BCUT2D eigenvalue weighted by Gasteiger charge is 2.31. The average Bonchev–Trinajstić information content (AvgIpc) is 3.85. The number of anilines is 1.